The van der Waals surface area contributed by atoms with Crippen LogP contribution in [0.2, 0.25) is 0 Å². The van der Waals surface area contributed by atoms with Crippen LogP contribution in [0.1, 0.15) is 44.7 Å². The summed E-state index contributed by atoms with van der Waals surface area (Å²) in [4.78, 5) is 2.49. The Morgan fingerprint density at radius 1 is 1.22 bits per heavy atom. The van der Waals surface area contributed by atoms with Crippen LogP contribution in [0.25, 0.3) is 0 Å². The second-order valence-corrected chi connectivity index (χ2v) is 5.56. The summed E-state index contributed by atoms with van der Waals surface area (Å²) in [6.45, 7) is 7.84. The largest absolute Gasteiger partial charge is 0.324 e. The van der Waals surface area contributed by atoms with Crippen molar-refractivity contribution in [1.82, 2.24) is 4.90 Å². The van der Waals surface area contributed by atoms with Gasteiger partial charge in [-0.1, -0.05) is 54.4 Å². The van der Waals surface area contributed by atoms with Gasteiger partial charge in [0, 0.05) is 10.5 Å². The van der Waals surface area contributed by atoms with Crippen molar-refractivity contribution in [1.29, 1.82) is 0 Å². The molecule has 0 fully saturated rings. The maximum atomic E-state index is 6.27. The second kappa shape index (κ2) is 8.68. The molecular formula is C15H25BrN2. The van der Waals surface area contributed by atoms with E-state index in [1.54, 1.807) is 0 Å². The van der Waals surface area contributed by atoms with Crippen LogP contribution in [0.4, 0.5) is 0 Å². The Bertz CT molecular complexity index is 341. The highest BCUT2D eigenvalue weighted by molar-refractivity contribution is 9.10. The van der Waals surface area contributed by atoms with Crippen LogP contribution in [0.5, 0.6) is 0 Å². The molecule has 3 heteroatoms. The van der Waals surface area contributed by atoms with Crippen LogP contribution in [-0.2, 0) is 0 Å². The van der Waals surface area contributed by atoms with Gasteiger partial charge in [-0.05, 0) is 44.1 Å². The predicted octanol–water partition coefficient (Wildman–Crippen LogP) is 3.96. The molecule has 1 aromatic carbocycles. The van der Waals surface area contributed by atoms with Gasteiger partial charge in [0.25, 0.3) is 0 Å². The molecule has 0 spiro atoms. The summed E-state index contributed by atoms with van der Waals surface area (Å²) in [5.41, 5.74) is 7.48. The number of hydrogen-bond donors (Lipinski definition) is 1. The van der Waals surface area contributed by atoms with E-state index in [4.69, 9.17) is 5.73 Å². The van der Waals surface area contributed by atoms with Gasteiger partial charge in [-0.15, -0.1) is 0 Å². The number of halogens is 1. The molecule has 0 bridgehead atoms. The fourth-order valence-electron chi connectivity index (χ4n) is 2.06. The summed E-state index contributed by atoms with van der Waals surface area (Å²) in [6.07, 6.45) is 3.55. The summed E-state index contributed by atoms with van der Waals surface area (Å²) in [5.74, 6) is 0. The first-order chi connectivity index (χ1) is 8.69. The lowest BCUT2D eigenvalue weighted by Gasteiger charge is -2.22. The first-order valence-corrected chi connectivity index (χ1v) is 7.70. The monoisotopic (exact) mass is 312 g/mol. The van der Waals surface area contributed by atoms with Crippen molar-refractivity contribution in [3.63, 3.8) is 0 Å². The molecule has 0 radical (unpaired) electrons. The van der Waals surface area contributed by atoms with Gasteiger partial charge in [0.2, 0.25) is 0 Å². The van der Waals surface area contributed by atoms with E-state index in [-0.39, 0.29) is 6.04 Å². The highest BCUT2D eigenvalue weighted by Crippen LogP contribution is 2.23. The fourth-order valence-corrected chi connectivity index (χ4v) is 2.64. The maximum Gasteiger partial charge on any atom is 0.0318 e. The van der Waals surface area contributed by atoms with Gasteiger partial charge in [0.1, 0.15) is 0 Å². The zero-order chi connectivity index (χ0) is 13.4. The van der Waals surface area contributed by atoms with Crippen LogP contribution in [0.15, 0.2) is 28.7 Å². The molecule has 1 aromatic rings. The Morgan fingerprint density at radius 3 is 2.56 bits per heavy atom. The molecule has 1 unspecified atom stereocenters. The predicted molar refractivity (Wildman–Crippen MR) is 82.7 cm³/mol. The molecule has 2 nitrogen and oxygen atoms in total. The van der Waals surface area contributed by atoms with Gasteiger partial charge in [0.05, 0.1) is 0 Å². The Morgan fingerprint density at radius 2 is 1.94 bits per heavy atom. The second-order valence-electron chi connectivity index (χ2n) is 4.70. The molecule has 102 valence electrons. The molecule has 0 saturated carbocycles. The molecule has 2 N–H and O–H groups in total. The van der Waals surface area contributed by atoms with E-state index in [1.807, 2.05) is 6.07 Å². The Kier molecular flexibility index (Phi) is 7.56. The van der Waals surface area contributed by atoms with Crippen LogP contribution in [0.3, 0.4) is 0 Å². The van der Waals surface area contributed by atoms with Crippen LogP contribution in [-0.4, -0.2) is 24.5 Å². The molecule has 0 aromatic heterocycles. The summed E-state index contributed by atoms with van der Waals surface area (Å²) >= 11 is 3.57. The Labute approximate surface area is 120 Å². The molecule has 0 saturated heterocycles. The van der Waals surface area contributed by atoms with Crippen molar-refractivity contribution in [2.75, 3.05) is 19.6 Å². The van der Waals surface area contributed by atoms with Crippen LogP contribution < -0.4 is 5.73 Å². The average Bonchev–Trinajstić information content (AvgIpc) is 2.39. The van der Waals surface area contributed by atoms with E-state index in [1.165, 1.54) is 24.9 Å². The smallest absolute Gasteiger partial charge is 0.0318 e. The van der Waals surface area contributed by atoms with Gasteiger partial charge in [-0.3, -0.25) is 0 Å². The summed E-state index contributed by atoms with van der Waals surface area (Å²) in [7, 11) is 0. The van der Waals surface area contributed by atoms with Crippen molar-refractivity contribution in [2.24, 2.45) is 5.73 Å². The average molecular weight is 313 g/mol. The first-order valence-electron chi connectivity index (χ1n) is 6.91. The number of hydrogen-bond acceptors (Lipinski definition) is 2. The quantitative estimate of drug-likeness (QED) is 0.787. The van der Waals surface area contributed by atoms with Crippen molar-refractivity contribution in [3.05, 3.63) is 34.3 Å². The molecule has 1 atom stereocenters. The van der Waals surface area contributed by atoms with Gasteiger partial charge in [-0.2, -0.15) is 0 Å². The first kappa shape index (κ1) is 15.7. The van der Waals surface area contributed by atoms with E-state index in [2.05, 4.69) is 52.9 Å². The summed E-state index contributed by atoms with van der Waals surface area (Å²) < 4.78 is 1.12. The summed E-state index contributed by atoms with van der Waals surface area (Å²) in [5, 5.41) is 0. The zero-order valence-electron chi connectivity index (χ0n) is 11.5. The SMILES string of the molecule is CCCCN(CC)CCC(N)c1ccccc1Br. The zero-order valence-corrected chi connectivity index (χ0v) is 13.1. The molecule has 18 heavy (non-hydrogen) atoms. The molecule has 0 amide bonds. The van der Waals surface area contributed by atoms with Crippen molar-refractivity contribution in [3.8, 4) is 0 Å². The highest BCUT2D eigenvalue weighted by atomic mass is 79.9. The molecule has 1 rings (SSSR count). The molecule has 0 heterocycles. The van der Waals surface area contributed by atoms with E-state index in [0.717, 1.165) is 24.0 Å². The highest BCUT2D eigenvalue weighted by Gasteiger charge is 2.11. The number of nitrogens with two attached hydrogens (primary N) is 1. The molecular weight excluding hydrogens is 288 g/mol. The lowest BCUT2D eigenvalue weighted by molar-refractivity contribution is 0.272. The topological polar surface area (TPSA) is 29.3 Å². The third-order valence-electron chi connectivity index (χ3n) is 3.34. The lowest BCUT2D eigenvalue weighted by atomic mass is 10.0. The number of benzene rings is 1. The number of unbranched alkanes of at least 4 members (excludes halogenated alkanes) is 1. The minimum Gasteiger partial charge on any atom is -0.324 e. The molecule has 0 aliphatic rings. The minimum absolute atomic E-state index is 0.122. The van der Waals surface area contributed by atoms with Gasteiger partial charge < -0.3 is 10.6 Å². The molecule has 0 aliphatic heterocycles. The Balaban J connectivity index is 2.44. The third-order valence-corrected chi connectivity index (χ3v) is 4.06. The Hall–Kier alpha value is -0.380. The normalized spacial score (nSPS) is 12.9. The van der Waals surface area contributed by atoms with E-state index in [9.17, 15) is 0 Å². The maximum absolute atomic E-state index is 6.27. The van der Waals surface area contributed by atoms with E-state index >= 15 is 0 Å². The summed E-state index contributed by atoms with van der Waals surface area (Å²) in [6, 6.07) is 8.37. The number of rotatable bonds is 8. The van der Waals surface area contributed by atoms with Crippen LogP contribution >= 0.6 is 15.9 Å². The van der Waals surface area contributed by atoms with Gasteiger partial charge >= 0.3 is 0 Å². The van der Waals surface area contributed by atoms with E-state index in [0.29, 0.717) is 0 Å². The van der Waals surface area contributed by atoms with Crippen LogP contribution in [0, 0.1) is 0 Å². The third kappa shape index (κ3) is 5.09. The minimum atomic E-state index is 0.122. The van der Waals surface area contributed by atoms with Crippen molar-refractivity contribution < 1.29 is 0 Å². The lowest BCUT2D eigenvalue weighted by Crippen LogP contribution is -2.28. The fraction of sp³-hybridized carbons (Fsp3) is 0.600. The van der Waals surface area contributed by atoms with Gasteiger partial charge in [0.15, 0.2) is 0 Å². The van der Waals surface area contributed by atoms with E-state index < -0.39 is 0 Å². The van der Waals surface area contributed by atoms with Crippen molar-refractivity contribution in [2.45, 2.75) is 39.2 Å². The standard InChI is InChI=1S/C15H25BrN2/c1-3-5-11-18(4-2)12-10-15(17)13-8-6-7-9-14(13)16/h6-9,15H,3-5,10-12,17H2,1-2H3. The molecule has 0 aliphatic carbocycles. The number of nitrogens with zero attached hydrogens (tertiary/aromatic N) is 1. The van der Waals surface area contributed by atoms with Gasteiger partial charge in [-0.25, -0.2) is 0 Å². The van der Waals surface area contributed by atoms with Crippen molar-refractivity contribution >= 4 is 15.9 Å².